The van der Waals surface area contributed by atoms with Gasteiger partial charge in [-0.05, 0) is 29.7 Å². The predicted molar refractivity (Wildman–Crippen MR) is 61.2 cm³/mol. The van der Waals surface area contributed by atoms with Crippen molar-refractivity contribution in [3.63, 3.8) is 0 Å². The van der Waals surface area contributed by atoms with Gasteiger partial charge in [0.15, 0.2) is 0 Å². The molecule has 2 N–H and O–H groups in total. The van der Waals surface area contributed by atoms with Gasteiger partial charge in [0, 0.05) is 18.3 Å². The maximum absolute atomic E-state index is 13.4. The molecule has 1 heterocycles. The van der Waals surface area contributed by atoms with Gasteiger partial charge in [-0.2, -0.15) is 0 Å². The first kappa shape index (κ1) is 12.6. The van der Waals surface area contributed by atoms with Gasteiger partial charge in [0.05, 0.1) is 6.20 Å². The maximum Gasteiger partial charge on any atom is 0.141 e. The Bertz CT molecular complexity index is 558. The van der Waals surface area contributed by atoms with E-state index >= 15 is 0 Å². The molecule has 0 radical (unpaired) electrons. The topological polar surface area (TPSA) is 38.9 Å². The molecule has 2 aromatic rings. The van der Waals surface area contributed by atoms with Crippen LogP contribution in [0.2, 0.25) is 0 Å². The van der Waals surface area contributed by atoms with E-state index < -0.39 is 23.5 Å². The van der Waals surface area contributed by atoms with Gasteiger partial charge in [0.2, 0.25) is 0 Å². The van der Waals surface area contributed by atoms with Gasteiger partial charge in [-0.25, -0.2) is 13.2 Å². The van der Waals surface area contributed by atoms with E-state index in [9.17, 15) is 13.2 Å². The normalized spacial score (nSPS) is 12.4. The van der Waals surface area contributed by atoms with E-state index in [-0.39, 0.29) is 12.0 Å². The number of nitrogens with zero attached hydrogens (tertiary/aromatic N) is 1. The van der Waals surface area contributed by atoms with E-state index in [4.69, 9.17) is 5.73 Å². The Labute approximate surface area is 102 Å². The molecule has 0 aliphatic rings. The Kier molecular flexibility index (Phi) is 3.62. The summed E-state index contributed by atoms with van der Waals surface area (Å²) in [7, 11) is 0. The molecule has 0 bridgehead atoms. The van der Waals surface area contributed by atoms with Crippen molar-refractivity contribution in [1.29, 1.82) is 0 Å². The van der Waals surface area contributed by atoms with Crippen LogP contribution in [0, 0.1) is 17.5 Å². The summed E-state index contributed by atoms with van der Waals surface area (Å²) >= 11 is 0. The molecule has 1 aromatic heterocycles. The van der Waals surface area contributed by atoms with Gasteiger partial charge < -0.3 is 5.73 Å². The van der Waals surface area contributed by atoms with Crippen molar-refractivity contribution in [3.8, 4) is 0 Å². The van der Waals surface area contributed by atoms with Crippen molar-refractivity contribution < 1.29 is 13.2 Å². The zero-order valence-electron chi connectivity index (χ0n) is 9.41. The zero-order valence-corrected chi connectivity index (χ0v) is 9.41. The SMILES string of the molecule is NC(Cc1ccc(F)cc1F)c1cncc(F)c1. The lowest BCUT2D eigenvalue weighted by molar-refractivity contribution is 0.561. The molecular formula is C13H11F3N2. The molecule has 2 rings (SSSR count). The molecule has 0 aliphatic heterocycles. The molecule has 5 heteroatoms. The number of benzene rings is 1. The lowest BCUT2D eigenvalue weighted by Gasteiger charge is -2.12. The van der Waals surface area contributed by atoms with Gasteiger partial charge in [-0.3, -0.25) is 4.98 Å². The number of halogens is 3. The molecule has 94 valence electrons. The number of hydrogen-bond donors (Lipinski definition) is 1. The van der Waals surface area contributed by atoms with Crippen LogP contribution in [0.25, 0.3) is 0 Å². The molecule has 0 aliphatic carbocycles. The van der Waals surface area contributed by atoms with E-state index in [0.717, 1.165) is 18.3 Å². The van der Waals surface area contributed by atoms with Crippen molar-refractivity contribution in [3.05, 3.63) is 65.2 Å². The highest BCUT2D eigenvalue weighted by atomic mass is 19.1. The quantitative estimate of drug-likeness (QED) is 0.912. The Morgan fingerprint density at radius 2 is 1.83 bits per heavy atom. The van der Waals surface area contributed by atoms with Crippen LogP contribution < -0.4 is 5.73 Å². The molecule has 0 fully saturated rings. The van der Waals surface area contributed by atoms with Gasteiger partial charge >= 0.3 is 0 Å². The third-order valence-electron chi connectivity index (χ3n) is 2.61. The van der Waals surface area contributed by atoms with Crippen LogP contribution >= 0.6 is 0 Å². The number of aromatic nitrogens is 1. The van der Waals surface area contributed by atoms with E-state index in [1.54, 1.807) is 0 Å². The van der Waals surface area contributed by atoms with Crippen molar-refractivity contribution in [2.75, 3.05) is 0 Å². The second-order valence-corrected chi connectivity index (χ2v) is 3.98. The molecule has 0 saturated carbocycles. The summed E-state index contributed by atoms with van der Waals surface area (Å²) in [6, 6.07) is 3.95. The van der Waals surface area contributed by atoms with Crippen molar-refractivity contribution >= 4 is 0 Å². The van der Waals surface area contributed by atoms with E-state index in [0.29, 0.717) is 5.56 Å². The molecule has 18 heavy (non-hydrogen) atoms. The van der Waals surface area contributed by atoms with Crippen LogP contribution in [0.4, 0.5) is 13.2 Å². The minimum Gasteiger partial charge on any atom is -0.324 e. The summed E-state index contributed by atoms with van der Waals surface area (Å²) < 4.78 is 39.1. The lowest BCUT2D eigenvalue weighted by atomic mass is 10.0. The average Bonchev–Trinajstić information content (AvgIpc) is 2.32. The number of pyridine rings is 1. The summed E-state index contributed by atoms with van der Waals surface area (Å²) in [5.74, 6) is -1.80. The Morgan fingerprint density at radius 1 is 1.06 bits per heavy atom. The monoisotopic (exact) mass is 252 g/mol. The zero-order chi connectivity index (χ0) is 13.1. The molecule has 1 atom stereocenters. The van der Waals surface area contributed by atoms with Crippen molar-refractivity contribution in [2.45, 2.75) is 12.5 Å². The third-order valence-corrected chi connectivity index (χ3v) is 2.61. The minimum atomic E-state index is -0.658. The molecule has 1 aromatic carbocycles. The Hall–Kier alpha value is -1.88. The summed E-state index contributed by atoms with van der Waals surface area (Å²) in [6.45, 7) is 0. The smallest absolute Gasteiger partial charge is 0.141 e. The number of hydrogen-bond acceptors (Lipinski definition) is 2. The fourth-order valence-corrected chi connectivity index (χ4v) is 1.67. The standard InChI is InChI=1S/C13H11F3N2/c14-10-2-1-8(12(16)5-10)4-13(17)9-3-11(15)7-18-6-9/h1-3,5-7,13H,4,17H2. The fourth-order valence-electron chi connectivity index (χ4n) is 1.67. The van der Waals surface area contributed by atoms with E-state index in [1.165, 1.54) is 18.3 Å². The van der Waals surface area contributed by atoms with Gasteiger partial charge in [0.1, 0.15) is 17.5 Å². The predicted octanol–water partition coefficient (Wildman–Crippen LogP) is 2.74. The fraction of sp³-hybridized carbons (Fsp3) is 0.154. The first-order valence-electron chi connectivity index (χ1n) is 5.36. The summed E-state index contributed by atoms with van der Waals surface area (Å²) in [5, 5.41) is 0. The summed E-state index contributed by atoms with van der Waals surface area (Å²) in [4.78, 5) is 3.67. The van der Waals surface area contributed by atoms with Crippen LogP contribution in [-0.2, 0) is 6.42 Å². The largest absolute Gasteiger partial charge is 0.324 e. The highest BCUT2D eigenvalue weighted by Gasteiger charge is 2.12. The first-order valence-corrected chi connectivity index (χ1v) is 5.36. The van der Waals surface area contributed by atoms with Crippen molar-refractivity contribution in [2.24, 2.45) is 5.73 Å². The van der Waals surface area contributed by atoms with Crippen LogP contribution in [0.1, 0.15) is 17.2 Å². The second kappa shape index (κ2) is 5.18. The molecule has 1 unspecified atom stereocenters. The second-order valence-electron chi connectivity index (χ2n) is 3.98. The van der Waals surface area contributed by atoms with E-state index in [1.807, 2.05) is 0 Å². The highest BCUT2D eigenvalue weighted by molar-refractivity contribution is 5.23. The molecule has 0 saturated heterocycles. The summed E-state index contributed by atoms with van der Waals surface area (Å²) in [6.07, 6.45) is 2.64. The number of nitrogens with two attached hydrogens (primary N) is 1. The van der Waals surface area contributed by atoms with Crippen LogP contribution in [0.3, 0.4) is 0 Å². The van der Waals surface area contributed by atoms with Crippen LogP contribution in [0.5, 0.6) is 0 Å². The minimum absolute atomic E-state index is 0.150. The Morgan fingerprint density at radius 3 is 2.50 bits per heavy atom. The van der Waals surface area contributed by atoms with Crippen LogP contribution in [0.15, 0.2) is 36.7 Å². The maximum atomic E-state index is 13.4. The average molecular weight is 252 g/mol. The number of rotatable bonds is 3. The molecule has 0 spiro atoms. The van der Waals surface area contributed by atoms with E-state index in [2.05, 4.69) is 4.98 Å². The Balaban J connectivity index is 2.18. The van der Waals surface area contributed by atoms with Crippen LogP contribution in [-0.4, -0.2) is 4.98 Å². The van der Waals surface area contributed by atoms with Crippen molar-refractivity contribution in [1.82, 2.24) is 4.98 Å². The molecular weight excluding hydrogens is 241 g/mol. The molecule has 0 amide bonds. The lowest BCUT2D eigenvalue weighted by Crippen LogP contribution is -2.14. The third kappa shape index (κ3) is 2.87. The van der Waals surface area contributed by atoms with Gasteiger partial charge in [0.25, 0.3) is 0 Å². The summed E-state index contributed by atoms with van der Waals surface area (Å²) in [5.41, 5.74) is 6.59. The van der Waals surface area contributed by atoms with Gasteiger partial charge in [-0.15, -0.1) is 0 Å². The first-order chi connectivity index (χ1) is 8.56. The molecule has 2 nitrogen and oxygen atoms in total. The highest BCUT2D eigenvalue weighted by Crippen LogP contribution is 2.18. The van der Waals surface area contributed by atoms with Gasteiger partial charge in [-0.1, -0.05) is 6.07 Å².